The van der Waals surface area contributed by atoms with Crippen LogP contribution in [0.1, 0.15) is 28.8 Å². The number of ketones is 1. The second-order valence-electron chi connectivity index (χ2n) is 4.97. The van der Waals surface area contributed by atoms with Gasteiger partial charge in [0.2, 0.25) is 0 Å². The first-order chi connectivity index (χ1) is 9.47. The lowest BCUT2D eigenvalue weighted by molar-refractivity contribution is 0.0855. The molecule has 0 aliphatic heterocycles. The number of likely N-dealkylation sites (N-methyl/N-ethyl adjacent to an activating group) is 1. The van der Waals surface area contributed by atoms with Gasteiger partial charge in [-0.1, -0.05) is 11.6 Å². The van der Waals surface area contributed by atoms with Crippen molar-refractivity contribution in [3.05, 3.63) is 58.5 Å². The van der Waals surface area contributed by atoms with Crippen molar-refractivity contribution in [1.82, 2.24) is 4.90 Å². The van der Waals surface area contributed by atoms with E-state index in [-0.39, 0.29) is 11.8 Å². The largest absolute Gasteiger partial charge is 0.465 e. The van der Waals surface area contributed by atoms with Crippen LogP contribution < -0.4 is 0 Å². The molecule has 1 heterocycles. The molecule has 1 aromatic heterocycles. The molecule has 1 aromatic carbocycles. The SMILES string of the molecule is Cc1ccc(CN(C)C(C)C(=O)c2ccc(Cl)cc2)o1. The maximum absolute atomic E-state index is 12.4. The Bertz CT molecular complexity index is 589. The first kappa shape index (κ1) is 14.8. The van der Waals surface area contributed by atoms with E-state index in [1.54, 1.807) is 24.3 Å². The van der Waals surface area contributed by atoms with E-state index in [4.69, 9.17) is 16.0 Å². The molecule has 1 unspecified atom stereocenters. The fourth-order valence-corrected chi connectivity index (χ4v) is 2.13. The molecule has 4 heteroatoms. The van der Waals surface area contributed by atoms with Gasteiger partial charge >= 0.3 is 0 Å². The van der Waals surface area contributed by atoms with Gasteiger partial charge in [-0.2, -0.15) is 0 Å². The van der Waals surface area contributed by atoms with Crippen molar-refractivity contribution in [3.63, 3.8) is 0 Å². The Morgan fingerprint density at radius 3 is 2.45 bits per heavy atom. The van der Waals surface area contributed by atoms with Crippen LogP contribution in [0, 0.1) is 6.92 Å². The van der Waals surface area contributed by atoms with Crippen LogP contribution >= 0.6 is 11.6 Å². The zero-order valence-electron chi connectivity index (χ0n) is 11.9. The average Bonchev–Trinajstić information content (AvgIpc) is 2.83. The minimum atomic E-state index is -0.221. The van der Waals surface area contributed by atoms with Crippen LogP contribution in [0.2, 0.25) is 5.02 Å². The normalized spacial score (nSPS) is 12.7. The standard InChI is InChI=1S/C16H18ClNO2/c1-11-4-9-15(20-11)10-18(3)12(2)16(19)13-5-7-14(17)8-6-13/h4-9,12H,10H2,1-3H3. The lowest BCUT2D eigenvalue weighted by atomic mass is 10.0. The number of furan rings is 1. The fraction of sp³-hybridized carbons (Fsp3) is 0.312. The van der Waals surface area contributed by atoms with E-state index < -0.39 is 0 Å². The van der Waals surface area contributed by atoms with Gasteiger partial charge in [-0.05, 0) is 57.3 Å². The lowest BCUT2D eigenvalue weighted by Gasteiger charge is -2.22. The number of Topliss-reactive ketones (excluding diaryl/α,β-unsaturated/α-hetero) is 1. The Morgan fingerprint density at radius 2 is 1.90 bits per heavy atom. The number of aryl methyl sites for hydroxylation is 1. The van der Waals surface area contributed by atoms with Crippen LogP contribution in [0.5, 0.6) is 0 Å². The highest BCUT2D eigenvalue weighted by molar-refractivity contribution is 6.30. The molecule has 0 spiro atoms. The van der Waals surface area contributed by atoms with Crippen LogP contribution in [0.3, 0.4) is 0 Å². The Balaban J connectivity index is 2.04. The highest BCUT2D eigenvalue weighted by Crippen LogP contribution is 2.15. The van der Waals surface area contributed by atoms with Gasteiger partial charge in [-0.25, -0.2) is 0 Å². The third-order valence-corrected chi connectivity index (χ3v) is 3.62. The molecule has 2 rings (SSSR count). The number of nitrogens with zero attached hydrogens (tertiary/aromatic N) is 1. The number of hydrogen-bond acceptors (Lipinski definition) is 3. The molecule has 1 atom stereocenters. The molecule has 0 aliphatic carbocycles. The van der Waals surface area contributed by atoms with Gasteiger partial charge in [-0.3, -0.25) is 9.69 Å². The summed E-state index contributed by atoms with van der Waals surface area (Å²) in [4.78, 5) is 14.3. The molecule has 106 valence electrons. The van der Waals surface area contributed by atoms with Crippen molar-refractivity contribution < 1.29 is 9.21 Å². The minimum Gasteiger partial charge on any atom is -0.465 e. The number of carbonyl (C=O) groups is 1. The van der Waals surface area contributed by atoms with Crippen molar-refractivity contribution in [3.8, 4) is 0 Å². The number of halogens is 1. The maximum Gasteiger partial charge on any atom is 0.179 e. The molecule has 0 bridgehead atoms. The summed E-state index contributed by atoms with van der Waals surface area (Å²) < 4.78 is 5.54. The van der Waals surface area contributed by atoms with E-state index in [1.165, 1.54) is 0 Å². The molecule has 0 fully saturated rings. The first-order valence-corrected chi connectivity index (χ1v) is 6.90. The quantitative estimate of drug-likeness (QED) is 0.782. The summed E-state index contributed by atoms with van der Waals surface area (Å²) >= 11 is 5.83. The van der Waals surface area contributed by atoms with Crippen LogP contribution in [-0.2, 0) is 6.54 Å². The third kappa shape index (κ3) is 3.50. The van der Waals surface area contributed by atoms with E-state index in [0.717, 1.165) is 11.5 Å². The first-order valence-electron chi connectivity index (χ1n) is 6.52. The molecule has 0 saturated heterocycles. The minimum absolute atomic E-state index is 0.0763. The molecule has 0 N–H and O–H groups in total. The molecular formula is C16H18ClNO2. The molecule has 0 saturated carbocycles. The predicted octanol–water partition coefficient (Wildman–Crippen LogP) is 3.94. The summed E-state index contributed by atoms with van der Waals surface area (Å²) in [5, 5.41) is 0.633. The topological polar surface area (TPSA) is 33.5 Å². The van der Waals surface area contributed by atoms with E-state index in [9.17, 15) is 4.79 Å². The Hall–Kier alpha value is -1.58. The molecule has 0 aliphatic rings. The van der Waals surface area contributed by atoms with Crippen molar-refractivity contribution in [2.75, 3.05) is 7.05 Å². The zero-order valence-corrected chi connectivity index (χ0v) is 12.6. The fourth-order valence-electron chi connectivity index (χ4n) is 2.01. The number of hydrogen-bond donors (Lipinski definition) is 0. The highest BCUT2D eigenvalue weighted by Gasteiger charge is 2.20. The predicted molar refractivity (Wildman–Crippen MR) is 80.2 cm³/mol. The van der Waals surface area contributed by atoms with Crippen molar-refractivity contribution in [2.45, 2.75) is 26.4 Å². The molecule has 20 heavy (non-hydrogen) atoms. The van der Waals surface area contributed by atoms with Gasteiger partial charge < -0.3 is 4.42 Å². The Morgan fingerprint density at radius 1 is 1.25 bits per heavy atom. The van der Waals surface area contributed by atoms with Crippen molar-refractivity contribution in [1.29, 1.82) is 0 Å². The van der Waals surface area contributed by atoms with Crippen molar-refractivity contribution in [2.24, 2.45) is 0 Å². The second kappa shape index (κ2) is 6.25. The summed E-state index contributed by atoms with van der Waals surface area (Å²) in [5.41, 5.74) is 0.671. The van der Waals surface area contributed by atoms with E-state index in [2.05, 4.69) is 0 Å². The van der Waals surface area contributed by atoms with E-state index in [1.807, 2.05) is 37.9 Å². The third-order valence-electron chi connectivity index (χ3n) is 3.37. The monoisotopic (exact) mass is 291 g/mol. The van der Waals surface area contributed by atoms with E-state index >= 15 is 0 Å². The van der Waals surface area contributed by atoms with E-state index in [0.29, 0.717) is 17.1 Å². The lowest BCUT2D eigenvalue weighted by Crippen LogP contribution is -2.35. The van der Waals surface area contributed by atoms with Gasteiger partial charge in [-0.15, -0.1) is 0 Å². The van der Waals surface area contributed by atoms with Gasteiger partial charge in [0, 0.05) is 10.6 Å². The molecule has 0 radical (unpaired) electrons. The summed E-state index contributed by atoms with van der Waals surface area (Å²) in [7, 11) is 1.91. The van der Waals surface area contributed by atoms with Crippen LogP contribution in [0.25, 0.3) is 0 Å². The summed E-state index contributed by atoms with van der Waals surface area (Å²) in [6.07, 6.45) is 0. The van der Waals surface area contributed by atoms with Gasteiger partial charge in [0.05, 0.1) is 12.6 Å². The number of benzene rings is 1. The molecule has 2 aromatic rings. The zero-order chi connectivity index (χ0) is 14.7. The highest BCUT2D eigenvalue weighted by atomic mass is 35.5. The van der Waals surface area contributed by atoms with Crippen LogP contribution in [-0.4, -0.2) is 23.8 Å². The summed E-state index contributed by atoms with van der Waals surface area (Å²) in [6, 6.07) is 10.6. The molecule has 0 amide bonds. The smallest absolute Gasteiger partial charge is 0.179 e. The Labute approximate surface area is 124 Å². The maximum atomic E-state index is 12.4. The average molecular weight is 292 g/mol. The number of rotatable bonds is 5. The second-order valence-corrected chi connectivity index (χ2v) is 5.41. The van der Waals surface area contributed by atoms with Gasteiger partial charge in [0.25, 0.3) is 0 Å². The molecular weight excluding hydrogens is 274 g/mol. The summed E-state index contributed by atoms with van der Waals surface area (Å²) in [6.45, 7) is 4.41. The molecule has 3 nitrogen and oxygen atoms in total. The summed E-state index contributed by atoms with van der Waals surface area (Å²) in [5.74, 6) is 1.82. The van der Waals surface area contributed by atoms with Crippen molar-refractivity contribution >= 4 is 17.4 Å². The Kier molecular flexibility index (Phi) is 4.63. The van der Waals surface area contributed by atoms with Gasteiger partial charge in [0.1, 0.15) is 11.5 Å². The number of carbonyl (C=O) groups excluding carboxylic acids is 1. The van der Waals surface area contributed by atoms with Crippen LogP contribution in [0.15, 0.2) is 40.8 Å². The van der Waals surface area contributed by atoms with Gasteiger partial charge in [0.15, 0.2) is 5.78 Å². The van der Waals surface area contributed by atoms with Crippen LogP contribution in [0.4, 0.5) is 0 Å².